The van der Waals surface area contributed by atoms with Crippen LogP contribution in [-0.4, -0.2) is 71.7 Å². The number of ether oxygens (including phenoxy) is 2. The Morgan fingerprint density at radius 1 is 1.05 bits per heavy atom. The maximum atomic E-state index is 10.1. The summed E-state index contributed by atoms with van der Waals surface area (Å²) in [6.07, 6.45) is 1.98. The van der Waals surface area contributed by atoms with Crippen LogP contribution >= 0.6 is 11.6 Å². The first-order chi connectivity index (χ1) is 18.1. The van der Waals surface area contributed by atoms with Gasteiger partial charge in [-0.3, -0.25) is 0 Å². The van der Waals surface area contributed by atoms with Crippen LogP contribution in [0.3, 0.4) is 0 Å². The van der Waals surface area contributed by atoms with Crippen molar-refractivity contribution in [1.82, 2.24) is 29.9 Å². The molecule has 0 saturated carbocycles. The Morgan fingerprint density at radius 2 is 1.78 bits per heavy atom. The molecule has 188 valence electrons. The Morgan fingerprint density at radius 3 is 2.46 bits per heavy atom. The number of nitrogens with one attached hydrogen (secondary N) is 1. The van der Waals surface area contributed by atoms with Crippen LogP contribution in [0, 0.1) is 0 Å². The SMILES string of the molecule is OC[C@H]1OC[C@H](Oc2nc3nc(-c4ccc(-c5ccc(-n6ccnn6)cc5)cc4)c(Cl)cc3[nH]2)C[C@@H]1O. The van der Waals surface area contributed by atoms with Crippen molar-refractivity contribution in [3.8, 4) is 34.1 Å². The predicted octanol–water partition coefficient (Wildman–Crippen LogP) is 3.42. The first kappa shape index (κ1) is 23.6. The Balaban J connectivity index is 1.20. The molecule has 1 fully saturated rings. The van der Waals surface area contributed by atoms with E-state index in [1.165, 1.54) is 0 Å². The number of halogens is 1. The molecule has 0 amide bonds. The van der Waals surface area contributed by atoms with Crippen LogP contribution in [0.5, 0.6) is 6.01 Å². The zero-order valence-corrected chi connectivity index (χ0v) is 20.3. The van der Waals surface area contributed by atoms with Crippen molar-refractivity contribution < 1.29 is 19.7 Å². The lowest BCUT2D eigenvalue weighted by molar-refractivity contribution is -0.131. The fourth-order valence-corrected chi connectivity index (χ4v) is 4.63. The topological polar surface area (TPSA) is 131 Å². The molecule has 3 aromatic heterocycles. The van der Waals surface area contributed by atoms with Crippen LogP contribution in [0.4, 0.5) is 0 Å². The minimum absolute atomic E-state index is 0.235. The van der Waals surface area contributed by atoms with Gasteiger partial charge < -0.3 is 24.7 Å². The monoisotopic (exact) mass is 518 g/mol. The molecule has 1 aliphatic rings. The van der Waals surface area contributed by atoms with Gasteiger partial charge in [-0.15, -0.1) is 5.10 Å². The zero-order chi connectivity index (χ0) is 25.4. The lowest BCUT2D eigenvalue weighted by Gasteiger charge is -2.31. The van der Waals surface area contributed by atoms with Gasteiger partial charge in [0.25, 0.3) is 6.01 Å². The van der Waals surface area contributed by atoms with Crippen molar-refractivity contribution in [2.24, 2.45) is 0 Å². The molecule has 1 saturated heterocycles. The highest BCUT2D eigenvalue weighted by Crippen LogP contribution is 2.31. The molecule has 0 aliphatic carbocycles. The molecule has 0 bridgehead atoms. The van der Waals surface area contributed by atoms with Crippen LogP contribution < -0.4 is 4.74 Å². The van der Waals surface area contributed by atoms with E-state index in [-0.39, 0.29) is 19.2 Å². The van der Waals surface area contributed by atoms with E-state index >= 15 is 0 Å². The second-order valence-electron chi connectivity index (χ2n) is 8.80. The Kier molecular flexibility index (Phi) is 6.31. The van der Waals surface area contributed by atoms with Gasteiger partial charge in [-0.1, -0.05) is 53.2 Å². The number of hydrogen-bond donors (Lipinski definition) is 3. The lowest BCUT2D eigenvalue weighted by Crippen LogP contribution is -2.45. The van der Waals surface area contributed by atoms with Crippen molar-refractivity contribution in [3.05, 3.63) is 72.0 Å². The molecule has 11 heteroatoms. The number of hydrogen-bond acceptors (Lipinski definition) is 8. The molecule has 3 atom stereocenters. The van der Waals surface area contributed by atoms with Crippen molar-refractivity contribution >= 4 is 22.8 Å². The van der Waals surface area contributed by atoms with E-state index < -0.39 is 18.3 Å². The van der Waals surface area contributed by atoms with Crippen LogP contribution in [0.15, 0.2) is 67.0 Å². The van der Waals surface area contributed by atoms with Crippen LogP contribution in [-0.2, 0) is 4.74 Å². The summed E-state index contributed by atoms with van der Waals surface area (Å²) in [4.78, 5) is 12.2. The van der Waals surface area contributed by atoms with Crippen molar-refractivity contribution in [1.29, 1.82) is 0 Å². The minimum Gasteiger partial charge on any atom is -0.459 e. The third-order valence-corrected chi connectivity index (χ3v) is 6.63. The third-order valence-electron chi connectivity index (χ3n) is 6.34. The van der Waals surface area contributed by atoms with Gasteiger partial charge in [-0.2, -0.15) is 4.98 Å². The predicted molar refractivity (Wildman–Crippen MR) is 137 cm³/mol. The summed E-state index contributed by atoms with van der Waals surface area (Å²) < 4.78 is 13.0. The molecular weight excluding hydrogens is 496 g/mol. The van der Waals surface area contributed by atoms with Crippen molar-refractivity contribution in [2.75, 3.05) is 13.2 Å². The average Bonchev–Trinajstić information content (AvgIpc) is 3.59. The smallest absolute Gasteiger partial charge is 0.296 e. The molecule has 4 heterocycles. The Hall–Kier alpha value is -3.83. The van der Waals surface area contributed by atoms with Gasteiger partial charge in [0.2, 0.25) is 0 Å². The van der Waals surface area contributed by atoms with Crippen molar-refractivity contribution in [3.63, 3.8) is 0 Å². The highest BCUT2D eigenvalue weighted by molar-refractivity contribution is 6.33. The number of aromatic nitrogens is 6. The third kappa shape index (κ3) is 4.79. The van der Waals surface area contributed by atoms with E-state index in [1.54, 1.807) is 23.1 Å². The Labute approximate surface area is 216 Å². The first-order valence-electron chi connectivity index (χ1n) is 11.8. The fourth-order valence-electron chi connectivity index (χ4n) is 4.37. The van der Waals surface area contributed by atoms with E-state index in [4.69, 9.17) is 21.1 Å². The molecule has 1 aliphatic heterocycles. The number of nitrogens with zero attached hydrogens (tertiary/aromatic N) is 5. The van der Waals surface area contributed by atoms with E-state index in [2.05, 4.69) is 25.3 Å². The largest absolute Gasteiger partial charge is 0.459 e. The molecule has 0 radical (unpaired) electrons. The van der Waals surface area contributed by atoms with Crippen LogP contribution in [0.2, 0.25) is 5.02 Å². The number of H-pyrrole nitrogens is 1. The molecule has 5 aromatic rings. The van der Waals surface area contributed by atoms with Crippen LogP contribution in [0.1, 0.15) is 6.42 Å². The van der Waals surface area contributed by atoms with Gasteiger partial charge in [0.15, 0.2) is 5.65 Å². The van der Waals surface area contributed by atoms with E-state index in [0.717, 1.165) is 22.4 Å². The standard InChI is InChI=1S/C26H23ClN6O4/c27-20-12-21-25(31-26(29-21)37-19-11-22(35)23(13-34)36-14-19)30-24(20)17-3-1-15(2-4-17)16-5-7-18(8-6-16)33-10-9-28-32-33/h1-10,12,19,22-23,34-35H,11,13-14H2,(H,29,30,31)/t19-,22+,23-/m1/s1. The quantitative estimate of drug-likeness (QED) is 0.311. The summed E-state index contributed by atoms with van der Waals surface area (Å²) in [5, 5.41) is 27.6. The van der Waals surface area contributed by atoms with Crippen molar-refractivity contribution in [2.45, 2.75) is 24.7 Å². The summed E-state index contributed by atoms with van der Waals surface area (Å²) >= 11 is 6.57. The maximum Gasteiger partial charge on any atom is 0.296 e. The Bertz CT molecular complexity index is 1510. The summed E-state index contributed by atoms with van der Waals surface area (Å²) in [5.74, 6) is 0. The molecule has 0 spiro atoms. The lowest BCUT2D eigenvalue weighted by atomic mass is 10.0. The number of imidazole rings is 1. The zero-order valence-electron chi connectivity index (χ0n) is 19.5. The van der Waals surface area contributed by atoms with Gasteiger partial charge in [0, 0.05) is 12.0 Å². The molecule has 37 heavy (non-hydrogen) atoms. The minimum atomic E-state index is -0.804. The van der Waals surface area contributed by atoms with E-state index in [0.29, 0.717) is 28.3 Å². The van der Waals surface area contributed by atoms with Gasteiger partial charge in [-0.25, -0.2) is 9.67 Å². The number of aromatic amines is 1. The molecule has 0 unspecified atom stereocenters. The molecule has 6 rings (SSSR count). The average molecular weight is 519 g/mol. The maximum absolute atomic E-state index is 10.1. The van der Waals surface area contributed by atoms with Gasteiger partial charge in [0.1, 0.15) is 12.2 Å². The van der Waals surface area contributed by atoms with E-state index in [9.17, 15) is 10.2 Å². The number of benzene rings is 2. The number of fused-ring (bicyclic) bond motifs is 1. The van der Waals surface area contributed by atoms with Gasteiger partial charge in [0.05, 0.1) is 53.6 Å². The van der Waals surface area contributed by atoms with Crippen LogP contribution in [0.25, 0.3) is 39.2 Å². The second kappa shape index (κ2) is 9.91. The first-order valence-corrected chi connectivity index (χ1v) is 12.2. The highest BCUT2D eigenvalue weighted by atomic mass is 35.5. The van der Waals surface area contributed by atoms with Gasteiger partial charge in [-0.05, 0) is 29.3 Å². The summed E-state index contributed by atoms with van der Waals surface area (Å²) in [6, 6.07) is 18.1. The second-order valence-corrected chi connectivity index (χ2v) is 9.21. The number of aliphatic hydroxyl groups excluding tert-OH is 2. The summed E-state index contributed by atoms with van der Waals surface area (Å²) in [6.45, 7) is 0.00920. The highest BCUT2D eigenvalue weighted by Gasteiger charge is 2.31. The molecule has 2 aromatic carbocycles. The molecular formula is C26H23ClN6O4. The number of rotatable bonds is 6. The number of aliphatic hydroxyl groups is 2. The molecule has 3 N–H and O–H groups in total. The number of pyridine rings is 1. The summed E-state index contributed by atoms with van der Waals surface area (Å²) in [5.41, 5.74) is 5.64. The fraction of sp³-hybridized carbons (Fsp3) is 0.231. The molecule has 10 nitrogen and oxygen atoms in total. The summed E-state index contributed by atoms with van der Waals surface area (Å²) in [7, 11) is 0. The normalized spacial score (nSPS) is 19.8. The van der Waals surface area contributed by atoms with E-state index in [1.807, 2.05) is 48.5 Å². The van der Waals surface area contributed by atoms with Gasteiger partial charge >= 0.3 is 0 Å².